The molecule has 0 fully saturated rings. The molecular weight excluding hydrogens is 230 g/mol. The van der Waals surface area contributed by atoms with Gasteiger partial charge >= 0.3 is 5.97 Å². The number of esters is 1. The number of rotatable bonds is 4. The summed E-state index contributed by atoms with van der Waals surface area (Å²) in [6, 6.07) is 8.42. The average Bonchev–Trinajstić information content (AvgIpc) is 2.26. The Morgan fingerprint density at radius 3 is 2.56 bits per heavy atom. The molecule has 0 aliphatic carbocycles. The molecule has 0 N–H and O–H groups in total. The normalized spacial score (nSPS) is 11.5. The van der Waals surface area contributed by atoms with Crippen LogP contribution in [0.1, 0.15) is 11.1 Å². The van der Waals surface area contributed by atoms with E-state index in [1.807, 2.05) is 6.07 Å². The fourth-order valence-corrected chi connectivity index (χ4v) is 1.25. The van der Waals surface area contributed by atoms with Crippen molar-refractivity contribution < 1.29 is 18.3 Å². The zero-order chi connectivity index (χ0) is 12.0. The Labute approximate surface area is 94.9 Å². The van der Waals surface area contributed by atoms with E-state index < -0.39 is 22.8 Å². The standard InChI is InChI=1S/C10H9NO4S/c11-5-8-1-3-9(4-2-8)6-15-10(12)7-16(13)14/h1-4H,6-7H2,(H,13,14)/p-1. The lowest BCUT2D eigenvalue weighted by atomic mass is 10.2. The predicted molar refractivity (Wildman–Crippen MR) is 54.7 cm³/mol. The summed E-state index contributed by atoms with van der Waals surface area (Å²) in [5.74, 6) is -1.44. The van der Waals surface area contributed by atoms with Gasteiger partial charge in [0.05, 0.1) is 11.6 Å². The predicted octanol–water partition coefficient (Wildman–Crippen LogP) is 0.481. The highest BCUT2D eigenvalue weighted by Crippen LogP contribution is 2.04. The number of hydrogen-bond acceptors (Lipinski definition) is 5. The number of ether oxygens (including phenoxy) is 1. The summed E-state index contributed by atoms with van der Waals surface area (Å²) in [6.45, 7) is 0.00173. The van der Waals surface area contributed by atoms with Gasteiger partial charge in [0.15, 0.2) is 0 Å². The van der Waals surface area contributed by atoms with Crippen molar-refractivity contribution in [2.24, 2.45) is 0 Å². The number of nitrogens with zero attached hydrogens (tertiary/aromatic N) is 1. The topological polar surface area (TPSA) is 90.2 Å². The molecule has 0 aromatic heterocycles. The summed E-state index contributed by atoms with van der Waals surface area (Å²) in [5.41, 5.74) is 1.21. The Morgan fingerprint density at radius 2 is 2.06 bits per heavy atom. The number of benzene rings is 1. The molecule has 1 aromatic carbocycles. The van der Waals surface area contributed by atoms with Gasteiger partial charge < -0.3 is 9.29 Å². The minimum atomic E-state index is -2.43. The van der Waals surface area contributed by atoms with E-state index in [0.29, 0.717) is 11.1 Å². The molecule has 0 bridgehead atoms. The van der Waals surface area contributed by atoms with Gasteiger partial charge in [-0.3, -0.25) is 9.00 Å². The molecule has 16 heavy (non-hydrogen) atoms. The molecule has 0 spiro atoms. The van der Waals surface area contributed by atoms with Crippen LogP contribution in [0.5, 0.6) is 0 Å². The molecule has 1 unspecified atom stereocenters. The number of carbonyl (C=O) groups is 1. The second-order valence-corrected chi connectivity index (χ2v) is 3.81. The molecule has 0 saturated carbocycles. The fourth-order valence-electron chi connectivity index (χ4n) is 0.977. The van der Waals surface area contributed by atoms with Gasteiger partial charge in [0.2, 0.25) is 0 Å². The molecule has 0 aliphatic heterocycles. The Bertz CT molecular complexity index is 435. The van der Waals surface area contributed by atoms with Crippen LogP contribution in [0.25, 0.3) is 0 Å². The number of nitriles is 1. The van der Waals surface area contributed by atoms with Gasteiger partial charge in [-0.05, 0) is 28.8 Å². The van der Waals surface area contributed by atoms with Crippen LogP contribution >= 0.6 is 0 Å². The minimum Gasteiger partial charge on any atom is -0.772 e. The largest absolute Gasteiger partial charge is 0.772 e. The Morgan fingerprint density at radius 1 is 1.44 bits per heavy atom. The summed E-state index contributed by atoms with van der Waals surface area (Å²) >= 11 is -2.43. The highest BCUT2D eigenvalue weighted by Gasteiger charge is 2.03. The van der Waals surface area contributed by atoms with Gasteiger partial charge in [-0.25, -0.2) is 0 Å². The lowest BCUT2D eigenvalue weighted by Gasteiger charge is -2.06. The van der Waals surface area contributed by atoms with Crippen LogP contribution in [0.2, 0.25) is 0 Å². The molecule has 1 atom stereocenters. The van der Waals surface area contributed by atoms with Crippen molar-refractivity contribution in [1.82, 2.24) is 0 Å². The zero-order valence-electron chi connectivity index (χ0n) is 8.21. The Balaban J connectivity index is 2.46. The molecule has 84 valence electrons. The molecule has 0 amide bonds. The molecule has 0 heterocycles. The van der Waals surface area contributed by atoms with Crippen molar-refractivity contribution in [3.63, 3.8) is 0 Å². The van der Waals surface area contributed by atoms with E-state index in [0.717, 1.165) is 0 Å². The maximum Gasteiger partial charge on any atom is 0.317 e. The Kier molecular flexibility index (Phi) is 4.64. The lowest BCUT2D eigenvalue weighted by Crippen LogP contribution is -2.13. The molecule has 0 saturated heterocycles. The van der Waals surface area contributed by atoms with E-state index in [9.17, 15) is 13.6 Å². The van der Waals surface area contributed by atoms with Gasteiger partial charge in [-0.1, -0.05) is 12.1 Å². The van der Waals surface area contributed by atoms with E-state index in [4.69, 9.17) is 10.00 Å². The SMILES string of the molecule is N#Cc1ccc(COC(=O)CS(=O)[O-])cc1. The first-order valence-electron chi connectivity index (χ1n) is 4.32. The Hall–Kier alpha value is -1.71. The summed E-state index contributed by atoms with van der Waals surface area (Å²) in [7, 11) is 0. The summed E-state index contributed by atoms with van der Waals surface area (Å²) in [6.07, 6.45) is 0. The smallest absolute Gasteiger partial charge is 0.317 e. The van der Waals surface area contributed by atoms with Crippen molar-refractivity contribution >= 4 is 17.0 Å². The summed E-state index contributed by atoms with van der Waals surface area (Å²) < 4.78 is 25.0. The van der Waals surface area contributed by atoms with Crippen molar-refractivity contribution in [2.75, 3.05) is 5.75 Å². The first-order chi connectivity index (χ1) is 7.61. The van der Waals surface area contributed by atoms with E-state index in [1.165, 1.54) is 0 Å². The van der Waals surface area contributed by atoms with Gasteiger partial charge in [0.1, 0.15) is 12.4 Å². The highest BCUT2D eigenvalue weighted by molar-refractivity contribution is 7.79. The van der Waals surface area contributed by atoms with Crippen LogP contribution < -0.4 is 0 Å². The van der Waals surface area contributed by atoms with E-state index in [-0.39, 0.29) is 6.61 Å². The van der Waals surface area contributed by atoms with Crippen molar-refractivity contribution in [1.29, 1.82) is 5.26 Å². The molecule has 6 heteroatoms. The average molecular weight is 238 g/mol. The van der Waals surface area contributed by atoms with Gasteiger partial charge in [0.25, 0.3) is 0 Å². The van der Waals surface area contributed by atoms with Gasteiger partial charge in [-0.15, -0.1) is 0 Å². The van der Waals surface area contributed by atoms with Crippen LogP contribution in [-0.2, 0) is 27.2 Å². The summed E-state index contributed by atoms with van der Waals surface area (Å²) in [5, 5.41) is 8.54. The number of hydrogen-bond donors (Lipinski definition) is 0. The second kappa shape index (κ2) is 6.00. The van der Waals surface area contributed by atoms with Crippen LogP contribution in [0, 0.1) is 11.3 Å². The molecule has 1 rings (SSSR count). The van der Waals surface area contributed by atoms with E-state index in [1.54, 1.807) is 24.3 Å². The summed E-state index contributed by atoms with van der Waals surface area (Å²) in [4.78, 5) is 10.9. The third-order valence-electron chi connectivity index (χ3n) is 1.72. The van der Waals surface area contributed by atoms with Crippen LogP contribution in [0.15, 0.2) is 24.3 Å². The van der Waals surface area contributed by atoms with Gasteiger partial charge in [-0.2, -0.15) is 5.26 Å². The van der Waals surface area contributed by atoms with Gasteiger partial charge in [0, 0.05) is 0 Å². The fraction of sp³-hybridized carbons (Fsp3) is 0.200. The third-order valence-corrected chi connectivity index (χ3v) is 2.19. The van der Waals surface area contributed by atoms with Crippen LogP contribution in [-0.4, -0.2) is 20.5 Å². The van der Waals surface area contributed by atoms with Crippen molar-refractivity contribution in [3.8, 4) is 6.07 Å². The van der Waals surface area contributed by atoms with E-state index >= 15 is 0 Å². The number of carbonyl (C=O) groups excluding carboxylic acids is 1. The van der Waals surface area contributed by atoms with Crippen LogP contribution in [0.4, 0.5) is 0 Å². The first kappa shape index (κ1) is 12.4. The maximum absolute atomic E-state index is 10.9. The lowest BCUT2D eigenvalue weighted by molar-refractivity contribution is -0.141. The second-order valence-electron chi connectivity index (χ2n) is 2.92. The molecule has 1 aromatic rings. The third kappa shape index (κ3) is 4.21. The molecule has 0 aliphatic rings. The highest BCUT2D eigenvalue weighted by atomic mass is 32.2. The minimum absolute atomic E-state index is 0.00173. The quantitative estimate of drug-likeness (QED) is 0.562. The maximum atomic E-state index is 10.9. The monoisotopic (exact) mass is 238 g/mol. The van der Waals surface area contributed by atoms with E-state index in [2.05, 4.69) is 0 Å². The van der Waals surface area contributed by atoms with Crippen molar-refractivity contribution in [3.05, 3.63) is 35.4 Å². The molecular formula is C10H8NO4S-. The van der Waals surface area contributed by atoms with Crippen molar-refractivity contribution in [2.45, 2.75) is 6.61 Å². The molecule has 5 nitrogen and oxygen atoms in total. The molecule has 0 radical (unpaired) electrons. The van der Waals surface area contributed by atoms with Crippen LogP contribution in [0.3, 0.4) is 0 Å². The first-order valence-corrected chi connectivity index (χ1v) is 5.57. The zero-order valence-corrected chi connectivity index (χ0v) is 9.03.